The van der Waals surface area contributed by atoms with E-state index < -0.39 is 0 Å². The second-order valence-electron chi connectivity index (χ2n) is 10.8. The molecule has 4 aromatic carbocycles. The van der Waals surface area contributed by atoms with Crippen LogP contribution in [-0.4, -0.2) is 0 Å². The van der Waals surface area contributed by atoms with E-state index in [2.05, 4.69) is 24.3 Å². The molecule has 0 aliphatic heterocycles. The van der Waals surface area contributed by atoms with E-state index in [1.54, 1.807) is 24.3 Å². The molecule has 8 rings (SSSR count). The van der Waals surface area contributed by atoms with E-state index in [0.29, 0.717) is 11.1 Å². The molecule has 2 aliphatic carbocycles. The molecule has 0 saturated carbocycles. The lowest BCUT2D eigenvalue weighted by Gasteiger charge is -2.09. The van der Waals surface area contributed by atoms with Crippen molar-refractivity contribution in [2.24, 2.45) is 0 Å². The molecule has 212 valence electrons. The number of hydrogen-bond acceptors (Lipinski definition) is 6. The summed E-state index contributed by atoms with van der Waals surface area (Å²) in [6.45, 7) is 0. The second kappa shape index (κ2) is 10.2. The number of nitriles is 4. The van der Waals surface area contributed by atoms with Crippen LogP contribution in [-0.2, 0) is 0 Å². The SMILES string of the molecule is N#CC(C#N)=C1c2cc(-c3ccc(F)cc3)ccc2-c2c1sc1c3c(sc21)C(=C(C#N)C#N)c1cc(-c2ccc(F)cc2)ccc1-3. The standard InChI is InChI=1S/C38H14F2N4S2/c39-25-7-1-19(2-8-25)21-5-11-27-29(13-21)31(23(15-41)16-42)35-33(27)37-38(45-35)34-28-12-6-22(20-3-9-26(40)10-4-20)14-30(28)32(36(34)46-37)24(17-43)18-44/h1-14H. The zero-order chi connectivity index (χ0) is 31.7. The highest BCUT2D eigenvalue weighted by Gasteiger charge is 2.37. The molecule has 4 nitrogen and oxygen atoms in total. The van der Waals surface area contributed by atoms with Gasteiger partial charge in [0.15, 0.2) is 0 Å². The number of thiophene rings is 2. The number of fused-ring (bicyclic) bond motifs is 9. The topological polar surface area (TPSA) is 95.2 Å². The molecular weight excluding hydrogens is 615 g/mol. The van der Waals surface area contributed by atoms with Gasteiger partial charge in [-0.15, -0.1) is 22.7 Å². The number of rotatable bonds is 2. The Hall–Kier alpha value is -6.16. The van der Waals surface area contributed by atoms with Gasteiger partial charge in [0.1, 0.15) is 47.1 Å². The van der Waals surface area contributed by atoms with Crippen LogP contribution >= 0.6 is 22.7 Å². The molecule has 0 spiro atoms. The van der Waals surface area contributed by atoms with Crippen LogP contribution in [0.5, 0.6) is 0 Å². The molecule has 0 bridgehead atoms. The predicted molar refractivity (Wildman–Crippen MR) is 176 cm³/mol. The maximum atomic E-state index is 13.6. The molecule has 0 radical (unpaired) electrons. The Labute approximate surface area is 269 Å². The number of hydrogen-bond donors (Lipinski definition) is 0. The summed E-state index contributed by atoms with van der Waals surface area (Å²) < 4.78 is 29.2. The quantitative estimate of drug-likeness (QED) is 0.178. The Morgan fingerprint density at radius 2 is 0.804 bits per heavy atom. The lowest BCUT2D eigenvalue weighted by Crippen LogP contribution is -1.88. The summed E-state index contributed by atoms with van der Waals surface area (Å²) in [5, 5.41) is 40.0. The molecule has 46 heavy (non-hydrogen) atoms. The molecule has 0 amide bonds. The molecule has 8 heteroatoms. The highest BCUT2D eigenvalue weighted by Crippen LogP contribution is 2.62. The lowest BCUT2D eigenvalue weighted by atomic mass is 9.96. The molecule has 0 saturated heterocycles. The van der Waals surface area contributed by atoms with Crippen LogP contribution in [0.1, 0.15) is 20.9 Å². The van der Waals surface area contributed by atoms with Gasteiger partial charge in [-0.2, -0.15) is 21.0 Å². The Kier molecular flexibility index (Phi) is 6.07. The van der Waals surface area contributed by atoms with Crippen LogP contribution in [0, 0.1) is 57.0 Å². The average Bonchev–Trinajstić information content (AvgIpc) is 3.79. The van der Waals surface area contributed by atoms with Gasteiger partial charge in [-0.25, -0.2) is 8.78 Å². The van der Waals surface area contributed by atoms with E-state index in [1.807, 2.05) is 36.4 Å². The minimum Gasteiger partial charge on any atom is -0.207 e. The van der Waals surface area contributed by atoms with E-state index >= 15 is 0 Å². The van der Waals surface area contributed by atoms with Crippen molar-refractivity contribution in [3.8, 4) is 68.8 Å². The average molecular weight is 629 g/mol. The van der Waals surface area contributed by atoms with Crippen molar-refractivity contribution < 1.29 is 8.78 Å². The third-order valence-electron chi connectivity index (χ3n) is 8.40. The normalized spacial score (nSPS) is 12.0. The third kappa shape index (κ3) is 3.83. The summed E-state index contributed by atoms with van der Waals surface area (Å²) in [5.41, 5.74) is 9.51. The molecule has 2 heterocycles. The fraction of sp³-hybridized carbons (Fsp3) is 0. The van der Waals surface area contributed by atoms with Crippen molar-refractivity contribution in [2.45, 2.75) is 0 Å². The summed E-state index contributed by atoms with van der Waals surface area (Å²) in [6.07, 6.45) is 0. The molecule has 6 aromatic rings. The Bertz CT molecular complexity index is 2360. The molecule has 2 aliphatic rings. The number of benzene rings is 4. The van der Waals surface area contributed by atoms with Crippen LogP contribution in [0.15, 0.2) is 96.1 Å². The fourth-order valence-corrected chi connectivity index (χ4v) is 9.43. The Morgan fingerprint density at radius 1 is 0.457 bits per heavy atom. The van der Waals surface area contributed by atoms with Crippen molar-refractivity contribution in [3.63, 3.8) is 0 Å². The van der Waals surface area contributed by atoms with Crippen LogP contribution in [0.2, 0.25) is 0 Å². The van der Waals surface area contributed by atoms with E-state index in [9.17, 15) is 29.8 Å². The second-order valence-corrected chi connectivity index (χ2v) is 12.8. The van der Waals surface area contributed by atoms with Crippen LogP contribution < -0.4 is 0 Å². The first-order valence-electron chi connectivity index (χ1n) is 14.0. The predicted octanol–water partition coefficient (Wildman–Crippen LogP) is 10.2. The number of halogens is 2. The van der Waals surface area contributed by atoms with Crippen molar-refractivity contribution in [2.75, 3.05) is 0 Å². The summed E-state index contributed by atoms with van der Waals surface area (Å²) in [7, 11) is 0. The first-order chi connectivity index (χ1) is 22.4. The van der Waals surface area contributed by atoms with E-state index in [0.717, 1.165) is 74.8 Å². The Balaban J connectivity index is 1.39. The van der Waals surface area contributed by atoms with Crippen molar-refractivity contribution in [3.05, 3.63) is 129 Å². The largest absolute Gasteiger partial charge is 0.207 e. The maximum absolute atomic E-state index is 13.6. The van der Waals surface area contributed by atoms with E-state index in [-0.39, 0.29) is 22.8 Å². The van der Waals surface area contributed by atoms with Gasteiger partial charge in [-0.1, -0.05) is 48.5 Å². The van der Waals surface area contributed by atoms with Gasteiger partial charge >= 0.3 is 0 Å². The highest BCUT2D eigenvalue weighted by molar-refractivity contribution is 7.31. The van der Waals surface area contributed by atoms with Gasteiger partial charge in [0, 0.05) is 32.0 Å². The highest BCUT2D eigenvalue weighted by atomic mass is 32.1. The first-order valence-corrected chi connectivity index (χ1v) is 15.6. The van der Waals surface area contributed by atoms with Gasteiger partial charge in [-0.3, -0.25) is 0 Å². The van der Waals surface area contributed by atoms with Crippen LogP contribution in [0.4, 0.5) is 8.78 Å². The summed E-state index contributed by atoms with van der Waals surface area (Å²) in [6, 6.07) is 32.4. The zero-order valence-electron chi connectivity index (χ0n) is 23.4. The van der Waals surface area contributed by atoms with Crippen LogP contribution in [0.25, 0.3) is 65.1 Å². The van der Waals surface area contributed by atoms with Crippen molar-refractivity contribution in [1.29, 1.82) is 21.0 Å². The summed E-state index contributed by atoms with van der Waals surface area (Å²) >= 11 is 2.98. The molecule has 0 fully saturated rings. The molecule has 0 atom stereocenters. The molecule has 2 aromatic heterocycles. The van der Waals surface area contributed by atoms with Gasteiger partial charge in [0.2, 0.25) is 0 Å². The van der Waals surface area contributed by atoms with Crippen LogP contribution in [0.3, 0.4) is 0 Å². The summed E-state index contributed by atoms with van der Waals surface area (Å²) in [5.74, 6) is -0.677. The van der Waals surface area contributed by atoms with Gasteiger partial charge < -0.3 is 0 Å². The van der Waals surface area contributed by atoms with Gasteiger partial charge in [0.25, 0.3) is 0 Å². The molecular formula is C38H14F2N4S2. The van der Waals surface area contributed by atoms with E-state index in [1.165, 1.54) is 46.9 Å². The maximum Gasteiger partial charge on any atom is 0.138 e. The smallest absolute Gasteiger partial charge is 0.138 e. The minimum absolute atomic E-state index is 0.00276. The molecule has 0 unspecified atom stereocenters. The molecule has 0 N–H and O–H groups in total. The number of allylic oxidation sites excluding steroid dienone is 2. The fourth-order valence-electron chi connectivity index (χ4n) is 6.37. The monoisotopic (exact) mass is 628 g/mol. The number of nitrogens with zero attached hydrogens (tertiary/aromatic N) is 4. The van der Waals surface area contributed by atoms with Gasteiger partial charge in [-0.05, 0) is 80.9 Å². The zero-order valence-corrected chi connectivity index (χ0v) is 25.1. The lowest BCUT2D eigenvalue weighted by molar-refractivity contribution is 0.627. The van der Waals surface area contributed by atoms with Gasteiger partial charge in [0.05, 0.1) is 9.40 Å². The Morgan fingerprint density at radius 3 is 1.15 bits per heavy atom. The summed E-state index contributed by atoms with van der Waals surface area (Å²) in [4.78, 5) is 1.63. The minimum atomic E-state index is -0.338. The van der Waals surface area contributed by atoms with E-state index in [4.69, 9.17) is 0 Å². The third-order valence-corrected chi connectivity index (χ3v) is 11.0. The van der Waals surface area contributed by atoms with Crippen molar-refractivity contribution >= 4 is 43.2 Å². The van der Waals surface area contributed by atoms with Crippen molar-refractivity contribution in [1.82, 2.24) is 0 Å². The first kappa shape index (κ1) is 27.4.